The molecule has 2 heterocycles. The van der Waals surface area contributed by atoms with E-state index in [1.165, 1.54) is 31.1 Å². The van der Waals surface area contributed by atoms with E-state index in [-0.39, 0.29) is 24.0 Å². The second-order valence-corrected chi connectivity index (χ2v) is 10.9. The number of fused-ring (bicyclic) bond motifs is 1. The normalized spacial score (nSPS) is 31.9. The molecule has 2 aliphatic heterocycles. The molecule has 2 aromatic rings. The number of aliphatic hydroxyl groups is 1. The average molecular weight is 473 g/mol. The minimum absolute atomic E-state index is 0.207. The van der Waals surface area contributed by atoms with E-state index in [1.807, 2.05) is 0 Å². The van der Waals surface area contributed by atoms with Crippen molar-refractivity contribution in [3.05, 3.63) is 77.0 Å². The van der Waals surface area contributed by atoms with E-state index in [9.17, 15) is 9.90 Å². The monoisotopic (exact) mass is 472 g/mol. The van der Waals surface area contributed by atoms with Crippen molar-refractivity contribution in [2.45, 2.75) is 56.5 Å². The number of hydrogen-bond donors (Lipinski definition) is 2. The Balaban J connectivity index is 1.52. The first-order valence-electron chi connectivity index (χ1n) is 13.2. The summed E-state index contributed by atoms with van der Waals surface area (Å²) in [4.78, 5) is 15.9. The van der Waals surface area contributed by atoms with Crippen LogP contribution >= 0.6 is 0 Å². The van der Waals surface area contributed by atoms with Crippen molar-refractivity contribution in [1.29, 1.82) is 0 Å². The molecule has 4 aliphatic rings. The molecule has 1 saturated heterocycles. The van der Waals surface area contributed by atoms with Crippen LogP contribution in [0.3, 0.4) is 0 Å². The molecular formula is C30H36N2O3. The number of hydrogen-bond acceptors (Lipinski definition) is 5. The molecular weight excluding hydrogens is 436 g/mol. The third-order valence-electron chi connectivity index (χ3n) is 9.36. The highest BCUT2D eigenvalue weighted by molar-refractivity contribution is 5.93. The molecule has 2 aromatic carbocycles. The maximum atomic E-state index is 13.2. The van der Waals surface area contributed by atoms with Crippen molar-refractivity contribution in [1.82, 2.24) is 4.90 Å². The van der Waals surface area contributed by atoms with Gasteiger partial charge < -0.3 is 15.2 Å². The van der Waals surface area contributed by atoms with Gasteiger partial charge in [-0.05, 0) is 60.6 Å². The van der Waals surface area contributed by atoms with Gasteiger partial charge in [-0.25, -0.2) is 4.79 Å². The Morgan fingerprint density at radius 3 is 2.66 bits per heavy atom. The number of nitrogens with zero attached hydrogens (tertiary/aromatic N) is 1. The molecule has 35 heavy (non-hydrogen) atoms. The molecule has 5 heteroatoms. The van der Waals surface area contributed by atoms with E-state index in [0.717, 1.165) is 49.3 Å². The van der Waals surface area contributed by atoms with Gasteiger partial charge >= 0.3 is 5.97 Å². The van der Waals surface area contributed by atoms with Gasteiger partial charge in [0.25, 0.3) is 0 Å². The van der Waals surface area contributed by atoms with Crippen molar-refractivity contribution in [2.24, 2.45) is 17.8 Å². The first-order chi connectivity index (χ1) is 17.2. The van der Waals surface area contributed by atoms with E-state index >= 15 is 0 Å². The van der Waals surface area contributed by atoms with E-state index < -0.39 is 0 Å². The van der Waals surface area contributed by atoms with Crippen LogP contribution in [0.25, 0.3) is 0 Å². The highest BCUT2D eigenvalue weighted by Gasteiger charge is 2.62. The van der Waals surface area contributed by atoms with Crippen LogP contribution in [-0.2, 0) is 21.5 Å². The van der Waals surface area contributed by atoms with Gasteiger partial charge in [-0.3, -0.25) is 4.90 Å². The molecule has 1 spiro atoms. The number of carbonyl (C=O) groups is 1. The van der Waals surface area contributed by atoms with Crippen molar-refractivity contribution in [2.75, 3.05) is 25.6 Å². The maximum absolute atomic E-state index is 13.2. The standard InChI is InChI=1S/C30H36N2O3/c1-35-29(34)24-17-23(22-12-6-5-11-21(22)19-33)28-30(25-13-7-8-14-26(25)31-27(24)30)15-16-32(28)18-20-9-3-2-4-10-20/h2-4,7-10,13-14,21-23,28,31,33H,5-6,11-12,15-19H2,1H3/t21-,22-,23-,28-,30-/m1/s1. The lowest BCUT2D eigenvalue weighted by molar-refractivity contribution is -0.137. The van der Waals surface area contributed by atoms with Gasteiger partial charge in [-0.15, -0.1) is 0 Å². The Morgan fingerprint density at radius 1 is 1.09 bits per heavy atom. The first-order valence-corrected chi connectivity index (χ1v) is 13.2. The molecule has 0 amide bonds. The van der Waals surface area contributed by atoms with Crippen molar-refractivity contribution < 1.29 is 14.6 Å². The van der Waals surface area contributed by atoms with E-state index in [4.69, 9.17) is 4.74 Å². The third-order valence-corrected chi connectivity index (χ3v) is 9.36. The minimum Gasteiger partial charge on any atom is -0.466 e. The fourth-order valence-electron chi connectivity index (χ4n) is 7.99. The molecule has 1 saturated carbocycles. The summed E-state index contributed by atoms with van der Waals surface area (Å²) in [5.74, 6) is 0.793. The number of ether oxygens (including phenoxy) is 1. The number of likely N-dealkylation sites (tertiary alicyclic amines) is 1. The summed E-state index contributed by atoms with van der Waals surface area (Å²) in [6.45, 7) is 2.13. The van der Waals surface area contributed by atoms with Crippen LogP contribution in [0.4, 0.5) is 5.69 Å². The summed E-state index contributed by atoms with van der Waals surface area (Å²) in [6, 6.07) is 19.6. The zero-order valence-corrected chi connectivity index (χ0v) is 20.6. The third kappa shape index (κ3) is 3.54. The zero-order chi connectivity index (χ0) is 24.0. The van der Waals surface area contributed by atoms with Crippen LogP contribution in [0.5, 0.6) is 0 Å². The molecule has 2 aliphatic carbocycles. The molecule has 0 aromatic heterocycles. The topological polar surface area (TPSA) is 61.8 Å². The fraction of sp³-hybridized carbons (Fsp3) is 0.500. The first kappa shape index (κ1) is 22.8. The average Bonchev–Trinajstić information content (AvgIpc) is 3.45. The highest BCUT2D eigenvalue weighted by Crippen LogP contribution is 2.61. The van der Waals surface area contributed by atoms with Gasteiger partial charge in [0.1, 0.15) is 0 Å². The fourth-order valence-corrected chi connectivity index (χ4v) is 7.99. The van der Waals surface area contributed by atoms with E-state index in [0.29, 0.717) is 24.2 Å². The lowest BCUT2D eigenvalue weighted by Gasteiger charge is -2.50. The van der Waals surface area contributed by atoms with Crippen LogP contribution in [0.15, 0.2) is 65.9 Å². The Kier molecular flexibility index (Phi) is 5.93. The minimum atomic E-state index is -0.241. The number of methoxy groups -OCH3 is 1. The smallest absolute Gasteiger partial charge is 0.335 e. The van der Waals surface area contributed by atoms with Gasteiger partial charge in [0.2, 0.25) is 0 Å². The van der Waals surface area contributed by atoms with Crippen molar-refractivity contribution in [3.63, 3.8) is 0 Å². The summed E-state index contributed by atoms with van der Waals surface area (Å²) >= 11 is 0. The van der Waals surface area contributed by atoms with Crippen LogP contribution < -0.4 is 5.32 Å². The van der Waals surface area contributed by atoms with Gasteiger partial charge in [0.05, 0.1) is 18.1 Å². The molecule has 2 N–H and O–H groups in total. The molecule has 0 unspecified atom stereocenters. The molecule has 5 atom stereocenters. The van der Waals surface area contributed by atoms with Crippen LogP contribution in [0, 0.1) is 17.8 Å². The predicted molar refractivity (Wildman–Crippen MR) is 137 cm³/mol. The van der Waals surface area contributed by atoms with Gasteiger partial charge in [0.15, 0.2) is 0 Å². The van der Waals surface area contributed by atoms with Crippen LogP contribution in [-0.4, -0.2) is 42.3 Å². The second-order valence-electron chi connectivity index (χ2n) is 10.9. The molecule has 0 radical (unpaired) electrons. The lowest BCUT2D eigenvalue weighted by atomic mass is 9.57. The Bertz CT molecular complexity index is 1130. The lowest BCUT2D eigenvalue weighted by Crippen LogP contribution is -2.54. The van der Waals surface area contributed by atoms with E-state index in [2.05, 4.69) is 64.8 Å². The molecule has 0 bridgehead atoms. The molecule has 5 nitrogen and oxygen atoms in total. The summed E-state index contributed by atoms with van der Waals surface area (Å²) in [5, 5.41) is 14.1. The number of esters is 1. The summed E-state index contributed by atoms with van der Waals surface area (Å²) in [6.07, 6.45) is 6.29. The largest absolute Gasteiger partial charge is 0.466 e. The Morgan fingerprint density at radius 2 is 1.86 bits per heavy atom. The molecule has 184 valence electrons. The number of rotatable bonds is 5. The van der Waals surface area contributed by atoms with E-state index in [1.54, 1.807) is 0 Å². The zero-order valence-electron chi connectivity index (χ0n) is 20.6. The number of benzene rings is 2. The van der Waals surface area contributed by atoms with Crippen molar-refractivity contribution in [3.8, 4) is 0 Å². The number of carbonyl (C=O) groups excluding carboxylic acids is 1. The maximum Gasteiger partial charge on any atom is 0.335 e. The van der Waals surface area contributed by atoms with Crippen LogP contribution in [0.1, 0.15) is 49.7 Å². The number of nitrogens with one attached hydrogen (secondary N) is 1. The quantitative estimate of drug-likeness (QED) is 0.608. The predicted octanol–water partition coefficient (Wildman–Crippen LogP) is 4.87. The number of aliphatic hydroxyl groups excluding tert-OH is 1. The Labute approximate surface area is 208 Å². The van der Waals surface area contributed by atoms with Gasteiger partial charge in [-0.1, -0.05) is 61.4 Å². The number of para-hydroxylation sites is 1. The molecule has 6 rings (SSSR count). The Hall–Kier alpha value is -2.63. The van der Waals surface area contributed by atoms with Gasteiger partial charge in [-0.2, -0.15) is 0 Å². The summed E-state index contributed by atoms with van der Waals surface area (Å²) in [7, 11) is 1.50. The second kappa shape index (κ2) is 9.11. The number of anilines is 1. The van der Waals surface area contributed by atoms with Crippen molar-refractivity contribution >= 4 is 11.7 Å². The highest BCUT2D eigenvalue weighted by atomic mass is 16.5. The van der Waals surface area contributed by atoms with Crippen LogP contribution in [0.2, 0.25) is 0 Å². The van der Waals surface area contributed by atoms with Gasteiger partial charge in [0, 0.05) is 37.1 Å². The molecule has 2 fully saturated rings. The summed E-state index contributed by atoms with van der Waals surface area (Å²) < 4.78 is 5.35. The SMILES string of the molecule is COC(=O)C1=C2Nc3ccccc3[C@]23CCN(Cc2ccccc2)[C@@H]3[C@@H]([C@@H]2CCCC[C@@H]2CO)C1. The summed E-state index contributed by atoms with van der Waals surface area (Å²) in [5.41, 5.74) is 5.41.